The number of unbranched alkanes of at least 4 members (excludes halogenated alkanes) is 3. The number of carbonyl (C=O) groups excluding carboxylic acids is 3. The molecule has 2 aromatic rings. The van der Waals surface area contributed by atoms with Crippen molar-refractivity contribution in [2.45, 2.75) is 91.5 Å². The third kappa shape index (κ3) is 10.0. The molecule has 0 radical (unpaired) electrons. The molecule has 0 saturated carbocycles. The van der Waals surface area contributed by atoms with Crippen molar-refractivity contribution in [3.8, 4) is 0 Å². The Morgan fingerprint density at radius 2 is 1.67 bits per heavy atom. The van der Waals surface area contributed by atoms with Gasteiger partial charge in [0.1, 0.15) is 17.7 Å². The first kappa shape index (κ1) is 31.8. The molecule has 2 aromatic carbocycles. The van der Waals surface area contributed by atoms with E-state index in [2.05, 4.69) is 17.6 Å². The van der Waals surface area contributed by atoms with Gasteiger partial charge in [0.25, 0.3) is 0 Å². The average Bonchev–Trinajstić information content (AvgIpc) is 2.89. The van der Waals surface area contributed by atoms with Crippen molar-refractivity contribution in [2.24, 2.45) is 0 Å². The number of nitrogens with one attached hydrogen (secondary N) is 2. The van der Waals surface area contributed by atoms with E-state index >= 15 is 0 Å². The SMILES string of the molecule is CCCCCCN(C(=O)C(CO)NC(=O)OC(C)(C)C)C(C(=O)NCc1ccccc1)c1cccc(C)c1C. The molecule has 3 amide bonds. The van der Waals surface area contributed by atoms with Gasteiger partial charge in [0.05, 0.1) is 6.61 Å². The number of aryl methyl sites for hydroxylation is 1. The molecule has 0 saturated heterocycles. The number of ether oxygens (including phenoxy) is 1. The number of nitrogens with zero attached hydrogens (tertiary/aromatic N) is 1. The van der Waals surface area contributed by atoms with Crippen LogP contribution in [0.4, 0.5) is 4.79 Å². The number of aliphatic hydroxyl groups is 1. The number of carbonyl (C=O) groups is 3. The Bertz CT molecular complexity index is 1080. The second kappa shape index (κ2) is 15.3. The van der Waals surface area contributed by atoms with Gasteiger partial charge in [-0.2, -0.15) is 0 Å². The van der Waals surface area contributed by atoms with Crippen molar-refractivity contribution in [3.05, 3.63) is 70.8 Å². The minimum absolute atomic E-state index is 0.294. The van der Waals surface area contributed by atoms with Crippen LogP contribution < -0.4 is 10.6 Å². The topological polar surface area (TPSA) is 108 Å². The van der Waals surface area contributed by atoms with Crippen molar-refractivity contribution in [1.82, 2.24) is 15.5 Å². The Balaban J connectivity index is 2.46. The van der Waals surface area contributed by atoms with E-state index in [0.717, 1.165) is 36.0 Å². The van der Waals surface area contributed by atoms with Gasteiger partial charge >= 0.3 is 6.09 Å². The van der Waals surface area contributed by atoms with E-state index in [0.29, 0.717) is 25.1 Å². The second-order valence-corrected chi connectivity index (χ2v) is 10.9. The van der Waals surface area contributed by atoms with Gasteiger partial charge in [0.2, 0.25) is 11.8 Å². The number of hydrogen-bond donors (Lipinski definition) is 3. The summed E-state index contributed by atoms with van der Waals surface area (Å²) < 4.78 is 5.32. The Morgan fingerprint density at radius 3 is 2.28 bits per heavy atom. The monoisotopic (exact) mass is 539 g/mol. The predicted molar refractivity (Wildman–Crippen MR) is 153 cm³/mol. The highest BCUT2D eigenvalue weighted by Crippen LogP contribution is 2.28. The van der Waals surface area contributed by atoms with Crippen molar-refractivity contribution < 1.29 is 24.2 Å². The quantitative estimate of drug-likeness (QED) is 0.312. The third-order valence-electron chi connectivity index (χ3n) is 6.52. The molecule has 0 fully saturated rings. The van der Waals surface area contributed by atoms with Crippen LogP contribution in [0.1, 0.15) is 81.7 Å². The van der Waals surface area contributed by atoms with Crippen molar-refractivity contribution in [1.29, 1.82) is 0 Å². The Kier molecular flexibility index (Phi) is 12.5. The number of aliphatic hydroxyl groups excluding tert-OH is 1. The maximum Gasteiger partial charge on any atom is 0.408 e. The zero-order chi connectivity index (χ0) is 29.0. The lowest BCUT2D eigenvalue weighted by Crippen LogP contribution is -2.54. The van der Waals surface area contributed by atoms with Crippen LogP contribution in [0.5, 0.6) is 0 Å². The fourth-order valence-corrected chi connectivity index (χ4v) is 4.31. The van der Waals surface area contributed by atoms with Crippen LogP contribution in [0, 0.1) is 13.8 Å². The first-order valence-electron chi connectivity index (χ1n) is 13.8. The van der Waals surface area contributed by atoms with Gasteiger partial charge in [-0.25, -0.2) is 4.79 Å². The molecule has 0 bridgehead atoms. The molecular weight excluding hydrogens is 494 g/mol. The Hall–Kier alpha value is -3.39. The molecule has 2 atom stereocenters. The summed E-state index contributed by atoms with van der Waals surface area (Å²) in [6, 6.07) is 13.1. The van der Waals surface area contributed by atoms with Crippen LogP contribution in [-0.2, 0) is 20.9 Å². The van der Waals surface area contributed by atoms with E-state index in [1.807, 2.05) is 62.4 Å². The summed E-state index contributed by atoms with van der Waals surface area (Å²) in [5.74, 6) is -0.869. The lowest BCUT2D eigenvalue weighted by Gasteiger charge is -2.35. The summed E-state index contributed by atoms with van der Waals surface area (Å²) in [5, 5.41) is 15.6. The minimum atomic E-state index is -1.26. The van der Waals surface area contributed by atoms with Crippen molar-refractivity contribution >= 4 is 17.9 Å². The number of amides is 3. The normalized spacial score (nSPS) is 12.8. The minimum Gasteiger partial charge on any atom is -0.444 e. The zero-order valence-electron chi connectivity index (χ0n) is 24.3. The first-order chi connectivity index (χ1) is 18.5. The van der Waals surface area contributed by atoms with E-state index in [1.54, 1.807) is 20.8 Å². The average molecular weight is 540 g/mol. The van der Waals surface area contributed by atoms with Crippen molar-refractivity contribution in [2.75, 3.05) is 13.2 Å². The third-order valence-corrected chi connectivity index (χ3v) is 6.52. The molecule has 214 valence electrons. The molecule has 0 aliphatic rings. The largest absolute Gasteiger partial charge is 0.444 e. The summed E-state index contributed by atoms with van der Waals surface area (Å²) in [4.78, 5) is 41.8. The lowest BCUT2D eigenvalue weighted by atomic mass is 9.94. The van der Waals surface area contributed by atoms with Crippen LogP contribution in [0.25, 0.3) is 0 Å². The molecule has 8 nitrogen and oxygen atoms in total. The molecule has 0 aliphatic carbocycles. The van der Waals surface area contributed by atoms with E-state index in [9.17, 15) is 19.5 Å². The molecule has 2 rings (SSSR count). The van der Waals surface area contributed by atoms with Crippen LogP contribution in [0.3, 0.4) is 0 Å². The summed E-state index contributed by atoms with van der Waals surface area (Å²) in [5.41, 5.74) is 2.78. The molecule has 2 unspecified atom stereocenters. The highest BCUT2D eigenvalue weighted by atomic mass is 16.6. The number of benzene rings is 2. The van der Waals surface area contributed by atoms with E-state index < -0.39 is 36.3 Å². The smallest absolute Gasteiger partial charge is 0.408 e. The Labute approximate surface area is 233 Å². The summed E-state index contributed by atoms with van der Waals surface area (Å²) in [6.07, 6.45) is 2.77. The van der Waals surface area contributed by atoms with Gasteiger partial charge in [-0.3, -0.25) is 9.59 Å². The van der Waals surface area contributed by atoms with Gasteiger partial charge in [0, 0.05) is 13.1 Å². The molecule has 0 aromatic heterocycles. The molecule has 39 heavy (non-hydrogen) atoms. The fraction of sp³-hybridized carbons (Fsp3) is 0.516. The molecule has 0 heterocycles. The maximum absolute atomic E-state index is 13.9. The zero-order valence-corrected chi connectivity index (χ0v) is 24.3. The van der Waals surface area contributed by atoms with Crippen LogP contribution >= 0.6 is 0 Å². The van der Waals surface area contributed by atoms with E-state index in [-0.39, 0.29) is 5.91 Å². The maximum atomic E-state index is 13.9. The summed E-state index contributed by atoms with van der Waals surface area (Å²) in [7, 11) is 0. The van der Waals surface area contributed by atoms with Gasteiger partial charge in [-0.1, -0.05) is 74.7 Å². The number of rotatable bonds is 13. The molecule has 0 spiro atoms. The van der Waals surface area contributed by atoms with Gasteiger partial charge < -0.3 is 25.4 Å². The van der Waals surface area contributed by atoms with Crippen molar-refractivity contribution in [3.63, 3.8) is 0 Å². The fourth-order valence-electron chi connectivity index (χ4n) is 4.31. The van der Waals surface area contributed by atoms with Crippen LogP contribution in [0.2, 0.25) is 0 Å². The van der Waals surface area contributed by atoms with E-state index in [4.69, 9.17) is 4.74 Å². The Morgan fingerprint density at radius 1 is 0.974 bits per heavy atom. The number of hydrogen-bond acceptors (Lipinski definition) is 5. The summed E-state index contributed by atoms with van der Waals surface area (Å²) >= 11 is 0. The predicted octanol–water partition coefficient (Wildman–Crippen LogP) is 4.96. The molecular formula is C31H45N3O5. The summed E-state index contributed by atoms with van der Waals surface area (Å²) in [6.45, 7) is 11.1. The second-order valence-electron chi connectivity index (χ2n) is 10.9. The highest BCUT2D eigenvalue weighted by Gasteiger charge is 2.36. The number of alkyl carbamates (subject to hydrolysis) is 1. The highest BCUT2D eigenvalue weighted by molar-refractivity contribution is 5.92. The lowest BCUT2D eigenvalue weighted by molar-refractivity contribution is -0.143. The van der Waals surface area contributed by atoms with Crippen LogP contribution in [-0.4, -0.2) is 52.7 Å². The van der Waals surface area contributed by atoms with Gasteiger partial charge in [0.15, 0.2) is 0 Å². The molecule has 8 heteroatoms. The van der Waals surface area contributed by atoms with Gasteiger partial charge in [-0.05, 0) is 63.3 Å². The van der Waals surface area contributed by atoms with E-state index in [1.165, 1.54) is 4.90 Å². The molecule has 0 aliphatic heterocycles. The van der Waals surface area contributed by atoms with Crippen LogP contribution in [0.15, 0.2) is 48.5 Å². The first-order valence-corrected chi connectivity index (χ1v) is 13.8. The molecule has 3 N–H and O–H groups in total. The standard InChI is InChI=1S/C31H45N3O5/c1-7-8-9-13-19-34(29(37)26(21-35)33-30(38)39-31(4,5)6)27(25-18-14-15-22(2)23(25)3)28(36)32-20-24-16-11-10-12-17-24/h10-12,14-18,26-27,35H,7-9,13,19-21H2,1-6H3,(H,32,36)(H,33,38). The van der Waals surface area contributed by atoms with Gasteiger partial charge in [-0.15, -0.1) is 0 Å².